The van der Waals surface area contributed by atoms with Gasteiger partial charge in [-0.2, -0.15) is 0 Å². The molecule has 4 aromatic rings. The molecule has 43 heavy (non-hydrogen) atoms. The third-order valence-corrected chi connectivity index (χ3v) is 6.99. The number of carboxylic acids is 1. The van der Waals surface area contributed by atoms with E-state index in [0.29, 0.717) is 30.9 Å². The third-order valence-electron chi connectivity index (χ3n) is 6.99. The molecule has 0 fully saturated rings. The molecular weight excluding hydrogens is 542 g/mol. The predicted molar refractivity (Wildman–Crippen MR) is 167 cm³/mol. The minimum atomic E-state index is -1.06. The summed E-state index contributed by atoms with van der Waals surface area (Å²) in [4.78, 5) is 38.6. The second kappa shape index (κ2) is 15.9. The Bertz CT molecular complexity index is 1450. The van der Waals surface area contributed by atoms with Gasteiger partial charge in [-0.3, -0.25) is 19.7 Å². The summed E-state index contributed by atoms with van der Waals surface area (Å²) in [6, 6.07) is 33.3. The van der Waals surface area contributed by atoms with Crippen molar-refractivity contribution in [2.75, 3.05) is 5.32 Å². The van der Waals surface area contributed by atoms with E-state index in [9.17, 15) is 19.5 Å². The van der Waals surface area contributed by atoms with Crippen LogP contribution in [0.3, 0.4) is 0 Å². The van der Waals surface area contributed by atoms with Crippen LogP contribution in [0.2, 0.25) is 0 Å². The summed E-state index contributed by atoms with van der Waals surface area (Å²) < 4.78 is 5.89. The number of aliphatic carboxylic acids is 1. The zero-order chi connectivity index (χ0) is 30.4. The summed E-state index contributed by atoms with van der Waals surface area (Å²) in [6.07, 6.45) is 1.14. The van der Waals surface area contributed by atoms with Gasteiger partial charge >= 0.3 is 5.97 Å². The van der Waals surface area contributed by atoms with E-state index in [0.717, 1.165) is 16.7 Å². The van der Waals surface area contributed by atoms with Crippen LogP contribution in [0.25, 0.3) is 0 Å². The van der Waals surface area contributed by atoms with Gasteiger partial charge in [0.1, 0.15) is 24.4 Å². The first-order valence-corrected chi connectivity index (χ1v) is 14.3. The molecule has 0 aliphatic rings. The number of benzene rings is 4. The molecule has 0 heterocycles. The van der Waals surface area contributed by atoms with Gasteiger partial charge in [0.25, 0.3) is 0 Å². The molecule has 0 saturated carbocycles. The van der Waals surface area contributed by atoms with E-state index < -0.39 is 30.0 Å². The van der Waals surface area contributed by atoms with Crippen LogP contribution in [-0.4, -0.2) is 41.0 Å². The van der Waals surface area contributed by atoms with Crippen molar-refractivity contribution in [3.63, 3.8) is 0 Å². The van der Waals surface area contributed by atoms with Crippen molar-refractivity contribution in [3.05, 3.63) is 132 Å². The Morgan fingerprint density at radius 3 is 1.88 bits per heavy atom. The quantitative estimate of drug-likeness (QED) is 0.158. The Morgan fingerprint density at radius 1 is 0.698 bits per heavy atom. The lowest BCUT2D eigenvalue weighted by atomic mass is 10.0. The van der Waals surface area contributed by atoms with Gasteiger partial charge < -0.3 is 20.5 Å². The van der Waals surface area contributed by atoms with Crippen molar-refractivity contribution in [1.29, 1.82) is 0 Å². The van der Waals surface area contributed by atoms with Gasteiger partial charge in [-0.05, 0) is 60.7 Å². The fourth-order valence-electron chi connectivity index (χ4n) is 4.55. The van der Waals surface area contributed by atoms with E-state index >= 15 is 0 Å². The number of hydrogen-bond donors (Lipinski definition) is 4. The van der Waals surface area contributed by atoms with E-state index in [1.807, 2.05) is 103 Å². The number of hydrogen-bond acceptors (Lipinski definition) is 5. The molecule has 0 aliphatic heterocycles. The minimum absolute atomic E-state index is 0.225. The lowest BCUT2D eigenvalue weighted by molar-refractivity contribution is -0.139. The van der Waals surface area contributed by atoms with Gasteiger partial charge in [0.2, 0.25) is 11.8 Å². The number of para-hydroxylation sites is 1. The molecule has 0 unspecified atom stereocenters. The van der Waals surface area contributed by atoms with Crippen molar-refractivity contribution in [2.45, 2.75) is 50.9 Å². The highest BCUT2D eigenvalue weighted by Gasteiger charge is 2.28. The fraction of sp³-hybridized carbons (Fsp3) is 0.229. The summed E-state index contributed by atoms with van der Waals surface area (Å²) in [6.45, 7) is 1.93. The third kappa shape index (κ3) is 10.1. The zero-order valence-corrected chi connectivity index (χ0v) is 24.1. The molecular formula is C35H37N3O5. The number of carbonyl (C=O) groups excluding carboxylic acids is 2. The SMILES string of the molecule is C[C@@H](N[C@@H](CCc1ccccc1)C(=O)N[C@@H](Cc1ccc(OCc2ccccc2)cc1)C(=O)Nc1ccccc1)C(=O)O. The molecule has 0 bridgehead atoms. The number of nitrogens with one attached hydrogen (secondary N) is 3. The van der Waals surface area contributed by atoms with Crippen LogP contribution in [0.15, 0.2) is 115 Å². The maximum atomic E-state index is 13.6. The summed E-state index contributed by atoms with van der Waals surface area (Å²) >= 11 is 0. The summed E-state index contributed by atoms with van der Waals surface area (Å²) in [7, 11) is 0. The van der Waals surface area contributed by atoms with Crippen LogP contribution < -0.4 is 20.7 Å². The molecule has 2 amide bonds. The molecule has 8 heteroatoms. The summed E-state index contributed by atoms with van der Waals surface area (Å²) in [5, 5.41) is 18.2. The highest BCUT2D eigenvalue weighted by Crippen LogP contribution is 2.17. The van der Waals surface area contributed by atoms with Crippen LogP contribution in [0.5, 0.6) is 5.75 Å². The lowest BCUT2D eigenvalue weighted by Crippen LogP contribution is -2.54. The second-order valence-electron chi connectivity index (χ2n) is 10.3. The number of carboxylic acid groups (broad SMARTS) is 1. The molecule has 3 atom stereocenters. The highest BCUT2D eigenvalue weighted by molar-refractivity contribution is 5.98. The van der Waals surface area contributed by atoms with Gasteiger partial charge in [-0.25, -0.2) is 0 Å². The molecule has 4 rings (SSSR count). The normalized spacial score (nSPS) is 12.9. The Kier molecular flexibility index (Phi) is 11.5. The molecule has 0 saturated heterocycles. The van der Waals surface area contributed by atoms with Crippen LogP contribution in [0.1, 0.15) is 30.0 Å². The van der Waals surface area contributed by atoms with Crippen LogP contribution in [-0.2, 0) is 33.8 Å². The van der Waals surface area contributed by atoms with Crippen molar-refractivity contribution >= 4 is 23.5 Å². The topological polar surface area (TPSA) is 117 Å². The van der Waals surface area contributed by atoms with Gasteiger partial charge in [-0.1, -0.05) is 91.0 Å². The number of carbonyl (C=O) groups is 3. The Hall–Kier alpha value is -4.95. The zero-order valence-electron chi connectivity index (χ0n) is 24.1. The molecule has 0 aromatic heterocycles. The van der Waals surface area contributed by atoms with Crippen LogP contribution >= 0.6 is 0 Å². The fourth-order valence-corrected chi connectivity index (χ4v) is 4.55. The maximum Gasteiger partial charge on any atom is 0.320 e. The molecule has 8 nitrogen and oxygen atoms in total. The Balaban J connectivity index is 1.48. The van der Waals surface area contributed by atoms with E-state index in [4.69, 9.17) is 4.74 Å². The molecule has 4 aromatic carbocycles. The second-order valence-corrected chi connectivity index (χ2v) is 10.3. The van der Waals surface area contributed by atoms with Crippen LogP contribution in [0, 0.1) is 0 Å². The standard InChI is InChI=1S/C35H37N3O5/c1-25(35(41)42)36-31(22-19-26-11-5-2-6-12-26)33(39)38-32(34(40)37-29-15-9-4-10-16-29)23-27-17-20-30(21-18-27)43-24-28-13-7-3-8-14-28/h2-18,20-21,25,31-32,36H,19,22-24H2,1H3,(H,37,40)(H,38,39)(H,41,42)/t25-,31+,32+/m1/s1. The largest absolute Gasteiger partial charge is 0.489 e. The van der Waals surface area contributed by atoms with Gasteiger partial charge in [0.15, 0.2) is 0 Å². The molecule has 0 aliphatic carbocycles. The number of rotatable bonds is 15. The summed E-state index contributed by atoms with van der Waals surface area (Å²) in [5.74, 6) is -1.20. The van der Waals surface area contributed by atoms with Crippen molar-refractivity contribution in [3.8, 4) is 5.75 Å². The molecule has 0 spiro atoms. The number of ether oxygens (including phenoxy) is 1. The molecule has 0 radical (unpaired) electrons. The number of amides is 2. The monoisotopic (exact) mass is 579 g/mol. The van der Waals surface area contributed by atoms with Gasteiger partial charge in [-0.15, -0.1) is 0 Å². The first-order valence-electron chi connectivity index (χ1n) is 14.3. The van der Waals surface area contributed by atoms with Gasteiger partial charge in [0.05, 0.1) is 6.04 Å². The van der Waals surface area contributed by atoms with Crippen molar-refractivity contribution in [1.82, 2.24) is 10.6 Å². The van der Waals surface area contributed by atoms with E-state index in [1.165, 1.54) is 6.92 Å². The van der Waals surface area contributed by atoms with Gasteiger partial charge in [0, 0.05) is 12.1 Å². The average Bonchev–Trinajstić information content (AvgIpc) is 3.03. The van der Waals surface area contributed by atoms with E-state index in [-0.39, 0.29) is 12.3 Å². The predicted octanol–water partition coefficient (Wildman–Crippen LogP) is 5.00. The smallest absolute Gasteiger partial charge is 0.320 e. The highest BCUT2D eigenvalue weighted by atomic mass is 16.5. The average molecular weight is 580 g/mol. The van der Waals surface area contributed by atoms with E-state index in [2.05, 4.69) is 16.0 Å². The lowest BCUT2D eigenvalue weighted by Gasteiger charge is -2.25. The first-order chi connectivity index (χ1) is 20.9. The van der Waals surface area contributed by atoms with Crippen molar-refractivity contribution < 1.29 is 24.2 Å². The first kappa shape index (κ1) is 31.0. The maximum absolute atomic E-state index is 13.6. The summed E-state index contributed by atoms with van der Waals surface area (Å²) in [5.41, 5.74) is 3.51. The van der Waals surface area contributed by atoms with E-state index in [1.54, 1.807) is 12.1 Å². The van der Waals surface area contributed by atoms with Crippen LogP contribution in [0.4, 0.5) is 5.69 Å². The number of anilines is 1. The molecule has 222 valence electrons. The Labute approximate surface area is 252 Å². The Morgan fingerprint density at radius 2 is 1.28 bits per heavy atom. The molecule has 4 N–H and O–H groups in total. The minimum Gasteiger partial charge on any atom is -0.489 e. The van der Waals surface area contributed by atoms with Crippen molar-refractivity contribution in [2.24, 2.45) is 0 Å². The number of aryl methyl sites for hydroxylation is 1.